The van der Waals surface area contributed by atoms with Crippen molar-refractivity contribution >= 4 is 30.0 Å². The van der Waals surface area contributed by atoms with Gasteiger partial charge in [-0.3, -0.25) is 4.79 Å². The molecular formula is C13H15ClFNOS. The van der Waals surface area contributed by atoms with Crippen LogP contribution in [0.5, 0.6) is 0 Å². The van der Waals surface area contributed by atoms with Crippen LogP contribution < -0.4 is 5.32 Å². The predicted octanol–water partition coefficient (Wildman–Crippen LogP) is 3.05. The van der Waals surface area contributed by atoms with Crippen molar-refractivity contribution in [3.63, 3.8) is 0 Å². The van der Waals surface area contributed by atoms with Gasteiger partial charge in [0.15, 0.2) is 5.78 Å². The Morgan fingerprint density at radius 3 is 2.72 bits per heavy atom. The maximum absolute atomic E-state index is 13.1. The van der Waals surface area contributed by atoms with Crippen LogP contribution in [0.25, 0.3) is 0 Å². The average Bonchev–Trinajstić information content (AvgIpc) is 2.31. The third kappa shape index (κ3) is 2.42. The summed E-state index contributed by atoms with van der Waals surface area (Å²) in [5, 5.41) is 3.32. The van der Waals surface area contributed by atoms with Gasteiger partial charge < -0.3 is 5.32 Å². The fourth-order valence-corrected chi connectivity index (χ4v) is 4.12. The van der Waals surface area contributed by atoms with Crippen molar-refractivity contribution in [1.82, 2.24) is 5.32 Å². The molecule has 1 aromatic rings. The quantitative estimate of drug-likeness (QED) is 0.795. The summed E-state index contributed by atoms with van der Waals surface area (Å²) in [6, 6.07) is 4.56. The first kappa shape index (κ1) is 13.8. The zero-order valence-corrected chi connectivity index (χ0v) is 11.5. The lowest BCUT2D eigenvalue weighted by Gasteiger charge is -2.39. The van der Waals surface area contributed by atoms with Gasteiger partial charge in [-0.2, -0.15) is 0 Å². The van der Waals surface area contributed by atoms with Crippen molar-refractivity contribution in [3.8, 4) is 0 Å². The summed E-state index contributed by atoms with van der Waals surface area (Å²) in [6.45, 7) is 1.94. The van der Waals surface area contributed by atoms with Crippen molar-refractivity contribution in [3.05, 3.63) is 29.6 Å². The van der Waals surface area contributed by atoms with Crippen LogP contribution in [0.4, 0.5) is 4.39 Å². The minimum absolute atomic E-state index is 0. The number of rotatable bonds is 0. The summed E-state index contributed by atoms with van der Waals surface area (Å²) in [4.78, 5) is 13.1. The lowest BCUT2D eigenvalue weighted by atomic mass is 9.89. The van der Waals surface area contributed by atoms with Crippen LogP contribution in [-0.2, 0) is 0 Å². The summed E-state index contributed by atoms with van der Waals surface area (Å²) in [6.07, 6.45) is 2.58. The summed E-state index contributed by atoms with van der Waals surface area (Å²) in [5.41, 5.74) is 0.569. The molecule has 5 heteroatoms. The molecule has 2 nitrogen and oxygen atoms in total. The van der Waals surface area contributed by atoms with Gasteiger partial charge in [0, 0.05) is 21.6 Å². The van der Waals surface area contributed by atoms with E-state index in [0.717, 1.165) is 30.8 Å². The highest BCUT2D eigenvalue weighted by atomic mass is 35.5. The second-order valence-corrected chi connectivity index (χ2v) is 6.29. The Labute approximate surface area is 116 Å². The monoisotopic (exact) mass is 287 g/mol. The van der Waals surface area contributed by atoms with Gasteiger partial charge in [0.05, 0.1) is 0 Å². The Hall–Kier alpha value is -0.580. The van der Waals surface area contributed by atoms with Crippen LogP contribution in [0.2, 0.25) is 0 Å². The molecular weight excluding hydrogens is 273 g/mol. The van der Waals surface area contributed by atoms with E-state index in [1.807, 2.05) is 0 Å². The first-order chi connectivity index (χ1) is 8.19. The van der Waals surface area contributed by atoms with Crippen LogP contribution in [-0.4, -0.2) is 23.6 Å². The number of piperidine rings is 1. The van der Waals surface area contributed by atoms with Crippen LogP contribution >= 0.6 is 24.2 Å². The van der Waals surface area contributed by atoms with Gasteiger partial charge in [0.25, 0.3) is 0 Å². The van der Waals surface area contributed by atoms with E-state index >= 15 is 0 Å². The molecule has 98 valence electrons. The normalized spacial score (nSPS) is 21.3. The zero-order chi connectivity index (χ0) is 11.9. The molecule has 1 spiro atoms. The van der Waals surface area contributed by atoms with Crippen LogP contribution in [0, 0.1) is 5.82 Å². The number of hydrogen-bond acceptors (Lipinski definition) is 3. The van der Waals surface area contributed by atoms with Crippen molar-refractivity contribution in [2.24, 2.45) is 0 Å². The number of benzene rings is 1. The van der Waals surface area contributed by atoms with Crippen molar-refractivity contribution in [2.75, 3.05) is 13.1 Å². The van der Waals surface area contributed by atoms with Crippen molar-refractivity contribution < 1.29 is 9.18 Å². The maximum atomic E-state index is 13.1. The van der Waals surface area contributed by atoms with E-state index in [2.05, 4.69) is 5.32 Å². The lowest BCUT2D eigenvalue weighted by Crippen LogP contribution is -2.42. The molecule has 1 aromatic carbocycles. The van der Waals surface area contributed by atoms with Crippen LogP contribution in [0.15, 0.2) is 23.1 Å². The Kier molecular flexibility index (Phi) is 3.99. The predicted molar refractivity (Wildman–Crippen MR) is 73.3 cm³/mol. The molecule has 2 heterocycles. The number of hydrogen-bond donors (Lipinski definition) is 1. The molecule has 0 atom stereocenters. The van der Waals surface area contributed by atoms with Gasteiger partial charge in [0.1, 0.15) is 5.82 Å². The molecule has 0 amide bonds. The Morgan fingerprint density at radius 1 is 1.28 bits per heavy atom. The minimum Gasteiger partial charge on any atom is -0.317 e. The summed E-state index contributed by atoms with van der Waals surface area (Å²) >= 11 is 1.77. The summed E-state index contributed by atoms with van der Waals surface area (Å²) in [7, 11) is 0. The smallest absolute Gasteiger partial charge is 0.165 e. The Bertz CT molecular complexity index is 474. The van der Waals surface area contributed by atoms with Gasteiger partial charge in [0.2, 0.25) is 0 Å². The van der Waals surface area contributed by atoms with E-state index in [4.69, 9.17) is 0 Å². The highest BCUT2D eigenvalue weighted by molar-refractivity contribution is 8.01. The maximum Gasteiger partial charge on any atom is 0.165 e. The van der Waals surface area contributed by atoms with Gasteiger partial charge in [-0.25, -0.2) is 4.39 Å². The molecule has 0 aromatic heterocycles. The lowest BCUT2D eigenvalue weighted by molar-refractivity contribution is 0.0955. The molecule has 3 rings (SSSR count). The molecule has 2 aliphatic rings. The average molecular weight is 288 g/mol. The highest BCUT2D eigenvalue weighted by Gasteiger charge is 2.40. The second-order valence-electron chi connectivity index (χ2n) is 4.78. The Morgan fingerprint density at radius 2 is 2.00 bits per heavy atom. The fraction of sp³-hybridized carbons (Fsp3) is 0.462. The SMILES string of the molecule is Cl.O=C1CC2(CCNCC2)Sc2ccc(F)cc21. The van der Waals surface area contributed by atoms with Crippen LogP contribution in [0.3, 0.4) is 0 Å². The van der Waals surface area contributed by atoms with E-state index in [0.29, 0.717) is 12.0 Å². The number of fused-ring (bicyclic) bond motifs is 1. The molecule has 1 saturated heterocycles. The Balaban J connectivity index is 0.00000120. The van der Waals surface area contributed by atoms with E-state index in [-0.39, 0.29) is 28.8 Å². The van der Waals surface area contributed by atoms with Crippen LogP contribution in [0.1, 0.15) is 29.6 Å². The largest absolute Gasteiger partial charge is 0.317 e. The second kappa shape index (κ2) is 5.19. The summed E-state index contributed by atoms with van der Waals surface area (Å²) < 4.78 is 13.2. The number of nitrogens with one attached hydrogen (secondary N) is 1. The minimum atomic E-state index is -0.320. The standard InChI is InChI=1S/C13H14FNOS.ClH/c14-9-1-2-12-10(7-9)11(16)8-13(17-12)3-5-15-6-4-13;/h1-2,7,15H,3-6,8H2;1H. The molecule has 1 fully saturated rings. The fourth-order valence-electron chi connectivity index (χ4n) is 2.63. The van der Waals surface area contributed by atoms with Crippen molar-refractivity contribution in [2.45, 2.75) is 28.9 Å². The number of thioether (sulfide) groups is 1. The topological polar surface area (TPSA) is 29.1 Å². The van der Waals surface area contributed by atoms with Gasteiger partial charge >= 0.3 is 0 Å². The van der Waals surface area contributed by atoms with Crippen molar-refractivity contribution in [1.29, 1.82) is 0 Å². The molecule has 2 aliphatic heterocycles. The first-order valence-corrected chi connectivity index (χ1v) is 6.73. The zero-order valence-electron chi connectivity index (χ0n) is 9.87. The highest BCUT2D eigenvalue weighted by Crippen LogP contribution is 2.47. The first-order valence-electron chi connectivity index (χ1n) is 5.91. The number of carbonyl (C=O) groups is 1. The van der Waals surface area contributed by atoms with E-state index in [1.165, 1.54) is 12.1 Å². The number of halogens is 2. The molecule has 18 heavy (non-hydrogen) atoms. The number of ketones is 1. The molecule has 0 aliphatic carbocycles. The molecule has 0 unspecified atom stereocenters. The van der Waals surface area contributed by atoms with E-state index < -0.39 is 0 Å². The van der Waals surface area contributed by atoms with Gasteiger partial charge in [-0.1, -0.05) is 0 Å². The van der Waals surface area contributed by atoms with Gasteiger partial charge in [-0.05, 0) is 44.1 Å². The van der Waals surface area contributed by atoms with Gasteiger partial charge in [-0.15, -0.1) is 24.2 Å². The molecule has 1 N–H and O–H groups in total. The third-order valence-electron chi connectivity index (χ3n) is 3.57. The molecule has 0 radical (unpaired) electrons. The van der Waals surface area contributed by atoms with E-state index in [1.54, 1.807) is 17.8 Å². The summed E-state index contributed by atoms with van der Waals surface area (Å²) in [5.74, 6) is -0.223. The third-order valence-corrected chi connectivity index (χ3v) is 5.13. The number of Topliss-reactive ketones (excluding diaryl/α,β-unsaturated/α-hetero) is 1. The number of carbonyl (C=O) groups excluding carboxylic acids is 1. The molecule has 0 bridgehead atoms. The van der Waals surface area contributed by atoms with E-state index in [9.17, 15) is 9.18 Å². The molecule has 0 saturated carbocycles.